The molecule has 0 unspecified atom stereocenters. The van der Waals surface area contributed by atoms with Gasteiger partial charge in [0.05, 0.1) is 22.8 Å². The van der Waals surface area contributed by atoms with Crippen LogP contribution in [0.15, 0.2) is 73.1 Å². The molecule has 4 aromatic rings. The number of aromatic nitrogens is 3. The molecule has 0 radical (unpaired) electrons. The Bertz CT molecular complexity index is 1050. The van der Waals surface area contributed by atoms with Crippen molar-refractivity contribution in [2.45, 2.75) is 13.5 Å². The molecule has 0 bridgehead atoms. The summed E-state index contributed by atoms with van der Waals surface area (Å²) in [5, 5.41) is 8.65. The standard InChI is InChI=1S/C21H18N4OS/c1-15-22-12-18(27-15)13-23-21(26)19-14-25(17-10-6-3-7-11-17)24-20(19)16-8-4-2-5-9-16/h2-12,14H,13H2,1H3,(H,23,26). The number of carbonyl (C=O) groups excluding carboxylic acids is 1. The zero-order valence-corrected chi connectivity index (χ0v) is 15.6. The summed E-state index contributed by atoms with van der Waals surface area (Å²) < 4.78 is 1.74. The molecule has 0 saturated heterocycles. The molecule has 1 amide bonds. The molecule has 1 N–H and O–H groups in total. The number of aryl methyl sites for hydroxylation is 1. The van der Waals surface area contributed by atoms with E-state index in [9.17, 15) is 4.79 Å². The van der Waals surface area contributed by atoms with E-state index in [-0.39, 0.29) is 5.91 Å². The molecule has 6 heteroatoms. The second-order valence-corrected chi connectivity index (χ2v) is 7.39. The Balaban J connectivity index is 1.67. The number of nitrogens with one attached hydrogen (secondary N) is 1. The molecule has 4 rings (SSSR count). The van der Waals surface area contributed by atoms with Crippen LogP contribution < -0.4 is 5.32 Å². The fourth-order valence-electron chi connectivity index (χ4n) is 2.81. The highest BCUT2D eigenvalue weighted by Crippen LogP contribution is 2.24. The molecule has 134 valence electrons. The van der Waals surface area contributed by atoms with Gasteiger partial charge >= 0.3 is 0 Å². The van der Waals surface area contributed by atoms with Gasteiger partial charge in [0.1, 0.15) is 5.69 Å². The molecule has 0 spiro atoms. The minimum absolute atomic E-state index is 0.151. The zero-order chi connectivity index (χ0) is 18.6. The van der Waals surface area contributed by atoms with Crippen LogP contribution in [0.25, 0.3) is 16.9 Å². The van der Waals surface area contributed by atoms with E-state index in [0.29, 0.717) is 17.8 Å². The molecular weight excluding hydrogens is 356 g/mol. The second-order valence-electron chi connectivity index (χ2n) is 6.07. The number of amides is 1. The summed E-state index contributed by atoms with van der Waals surface area (Å²) in [6, 6.07) is 19.5. The summed E-state index contributed by atoms with van der Waals surface area (Å²) in [4.78, 5) is 18.1. The maximum absolute atomic E-state index is 12.9. The average Bonchev–Trinajstić information content (AvgIpc) is 3.34. The van der Waals surface area contributed by atoms with Gasteiger partial charge in [-0.1, -0.05) is 48.5 Å². The Morgan fingerprint density at radius 3 is 2.44 bits per heavy atom. The van der Waals surface area contributed by atoms with Crippen LogP contribution in [0.1, 0.15) is 20.2 Å². The smallest absolute Gasteiger partial charge is 0.255 e. The van der Waals surface area contributed by atoms with Crippen molar-refractivity contribution < 1.29 is 4.79 Å². The minimum atomic E-state index is -0.151. The van der Waals surface area contributed by atoms with E-state index in [2.05, 4.69) is 15.4 Å². The number of benzene rings is 2. The quantitative estimate of drug-likeness (QED) is 0.569. The molecule has 5 nitrogen and oxygen atoms in total. The van der Waals surface area contributed by atoms with E-state index >= 15 is 0 Å². The van der Waals surface area contributed by atoms with Crippen LogP contribution >= 0.6 is 11.3 Å². The van der Waals surface area contributed by atoms with Gasteiger partial charge in [0, 0.05) is 22.8 Å². The normalized spacial score (nSPS) is 10.7. The molecule has 27 heavy (non-hydrogen) atoms. The topological polar surface area (TPSA) is 59.8 Å². The summed E-state index contributed by atoms with van der Waals surface area (Å²) in [6.07, 6.45) is 3.58. The van der Waals surface area contributed by atoms with Crippen molar-refractivity contribution in [1.29, 1.82) is 0 Å². The third kappa shape index (κ3) is 3.80. The highest BCUT2D eigenvalue weighted by atomic mass is 32.1. The molecule has 0 aliphatic heterocycles. The van der Waals surface area contributed by atoms with Gasteiger partial charge in [-0.25, -0.2) is 9.67 Å². The highest BCUT2D eigenvalue weighted by Gasteiger charge is 2.18. The van der Waals surface area contributed by atoms with Gasteiger partial charge in [-0.3, -0.25) is 4.79 Å². The molecule has 0 aliphatic rings. The van der Waals surface area contributed by atoms with Gasteiger partial charge in [-0.15, -0.1) is 11.3 Å². The van der Waals surface area contributed by atoms with Gasteiger partial charge in [0.2, 0.25) is 0 Å². The van der Waals surface area contributed by atoms with Gasteiger partial charge in [-0.05, 0) is 19.1 Å². The lowest BCUT2D eigenvalue weighted by Crippen LogP contribution is -2.22. The van der Waals surface area contributed by atoms with Crippen molar-refractivity contribution in [1.82, 2.24) is 20.1 Å². The van der Waals surface area contributed by atoms with Crippen LogP contribution in [0.4, 0.5) is 0 Å². The number of hydrogen-bond donors (Lipinski definition) is 1. The Labute approximate surface area is 161 Å². The van der Waals surface area contributed by atoms with Crippen molar-refractivity contribution in [3.8, 4) is 16.9 Å². The summed E-state index contributed by atoms with van der Waals surface area (Å²) >= 11 is 1.58. The van der Waals surface area contributed by atoms with E-state index in [0.717, 1.165) is 21.1 Å². The first-order valence-electron chi connectivity index (χ1n) is 8.61. The molecule has 2 heterocycles. The lowest BCUT2D eigenvalue weighted by Gasteiger charge is -2.04. The summed E-state index contributed by atoms with van der Waals surface area (Å²) in [5.41, 5.74) is 3.03. The highest BCUT2D eigenvalue weighted by molar-refractivity contribution is 7.11. The summed E-state index contributed by atoms with van der Waals surface area (Å²) in [5.74, 6) is -0.151. The van der Waals surface area contributed by atoms with Crippen LogP contribution in [-0.4, -0.2) is 20.7 Å². The molecule has 0 fully saturated rings. The summed E-state index contributed by atoms with van der Waals surface area (Å²) in [7, 11) is 0. The Hall–Kier alpha value is -3.25. The largest absolute Gasteiger partial charge is 0.347 e. The van der Waals surface area contributed by atoms with Crippen molar-refractivity contribution in [3.63, 3.8) is 0 Å². The fraction of sp³-hybridized carbons (Fsp3) is 0.0952. The number of nitrogens with zero attached hydrogens (tertiary/aromatic N) is 3. The van der Waals surface area contributed by atoms with E-state index < -0.39 is 0 Å². The van der Waals surface area contributed by atoms with E-state index in [1.54, 1.807) is 28.4 Å². The first-order chi connectivity index (χ1) is 13.2. The third-order valence-electron chi connectivity index (χ3n) is 4.12. The fourth-order valence-corrected chi connectivity index (χ4v) is 3.55. The van der Waals surface area contributed by atoms with E-state index in [1.807, 2.05) is 67.6 Å². The summed E-state index contributed by atoms with van der Waals surface area (Å²) in [6.45, 7) is 2.41. The number of para-hydroxylation sites is 1. The number of carbonyl (C=O) groups is 1. The van der Waals surface area contributed by atoms with E-state index in [1.165, 1.54) is 0 Å². The van der Waals surface area contributed by atoms with Crippen molar-refractivity contribution in [2.24, 2.45) is 0 Å². The maximum Gasteiger partial charge on any atom is 0.255 e. The monoisotopic (exact) mass is 374 g/mol. The number of hydrogen-bond acceptors (Lipinski definition) is 4. The van der Waals surface area contributed by atoms with E-state index in [4.69, 9.17) is 0 Å². The second kappa shape index (κ2) is 7.55. The maximum atomic E-state index is 12.9. The van der Waals surface area contributed by atoms with Crippen molar-refractivity contribution in [2.75, 3.05) is 0 Å². The van der Waals surface area contributed by atoms with Gasteiger partial charge in [-0.2, -0.15) is 5.10 Å². The van der Waals surface area contributed by atoms with Gasteiger partial charge in [0.25, 0.3) is 5.91 Å². The number of thiazole rings is 1. The first kappa shape index (κ1) is 17.2. The van der Waals surface area contributed by atoms with Crippen molar-refractivity contribution in [3.05, 3.63) is 88.5 Å². The third-order valence-corrected chi connectivity index (χ3v) is 5.03. The molecule has 0 atom stereocenters. The predicted molar refractivity (Wildman–Crippen MR) is 107 cm³/mol. The molecular formula is C21H18N4OS. The molecule has 0 aliphatic carbocycles. The Morgan fingerprint density at radius 1 is 1.07 bits per heavy atom. The Morgan fingerprint density at radius 2 is 1.78 bits per heavy atom. The van der Waals surface area contributed by atoms with Crippen LogP contribution in [0.3, 0.4) is 0 Å². The molecule has 2 aromatic carbocycles. The molecule has 0 saturated carbocycles. The minimum Gasteiger partial charge on any atom is -0.347 e. The SMILES string of the molecule is Cc1ncc(CNC(=O)c2cn(-c3ccccc3)nc2-c2ccccc2)s1. The van der Waals surface area contributed by atoms with Crippen LogP contribution in [0.2, 0.25) is 0 Å². The first-order valence-corrected chi connectivity index (χ1v) is 9.42. The zero-order valence-electron chi connectivity index (χ0n) is 14.8. The Kier molecular flexibility index (Phi) is 4.80. The predicted octanol–water partition coefficient (Wildman–Crippen LogP) is 4.23. The molecule has 2 aromatic heterocycles. The van der Waals surface area contributed by atoms with Crippen LogP contribution in [-0.2, 0) is 6.54 Å². The average molecular weight is 374 g/mol. The lowest BCUT2D eigenvalue weighted by atomic mass is 10.1. The van der Waals surface area contributed by atoms with Crippen LogP contribution in [0.5, 0.6) is 0 Å². The lowest BCUT2D eigenvalue weighted by molar-refractivity contribution is 0.0952. The van der Waals surface area contributed by atoms with Gasteiger partial charge in [0.15, 0.2) is 0 Å². The van der Waals surface area contributed by atoms with Crippen molar-refractivity contribution >= 4 is 17.2 Å². The van der Waals surface area contributed by atoms with Crippen LogP contribution in [0, 0.1) is 6.92 Å². The van der Waals surface area contributed by atoms with Gasteiger partial charge < -0.3 is 5.32 Å². The number of rotatable bonds is 5.